The Morgan fingerprint density at radius 1 is 0.542 bits per heavy atom. The van der Waals surface area contributed by atoms with Crippen molar-refractivity contribution in [2.75, 3.05) is 13.1 Å². The lowest BCUT2D eigenvalue weighted by molar-refractivity contribution is 0.135. The molecular weight excluding hydrogens is 292 g/mol. The first kappa shape index (κ1) is 21.4. The van der Waals surface area contributed by atoms with E-state index in [1.165, 1.54) is 103 Å². The molecule has 0 amide bonds. The standard InChI is InChI=1S/C22H44N2/c1-4-7-10-12-15-18-23-20-21-24(19-16-13-11-8-5-2)22(23)17-14-9-6-3/h20-22H,4-19H2,1-3H3. The van der Waals surface area contributed by atoms with Crippen molar-refractivity contribution in [1.82, 2.24) is 9.80 Å². The molecule has 1 rings (SSSR count). The van der Waals surface area contributed by atoms with E-state index in [4.69, 9.17) is 0 Å². The molecular formula is C22H44N2. The molecule has 2 heteroatoms. The van der Waals surface area contributed by atoms with Gasteiger partial charge in [-0.25, -0.2) is 0 Å². The van der Waals surface area contributed by atoms with Gasteiger partial charge in [0.15, 0.2) is 0 Å². The zero-order chi connectivity index (χ0) is 17.5. The molecule has 0 fully saturated rings. The molecule has 0 aromatic carbocycles. The summed E-state index contributed by atoms with van der Waals surface area (Å²) in [7, 11) is 0. The largest absolute Gasteiger partial charge is 0.356 e. The second-order valence-electron chi connectivity index (χ2n) is 7.58. The Morgan fingerprint density at radius 2 is 0.958 bits per heavy atom. The van der Waals surface area contributed by atoms with Crippen LogP contribution in [0.1, 0.15) is 111 Å². The van der Waals surface area contributed by atoms with Crippen LogP contribution in [0.15, 0.2) is 12.4 Å². The van der Waals surface area contributed by atoms with Crippen molar-refractivity contribution < 1.29 is 0 Å². The molecule has 1 aliphatic heterocycles. The number of unbranched alkanes of at least 4 members (excludes halogenated alkanes) is 10. The van der Waals surface area contributed by atoms with E-state index in [1.54, 1.807) is 0 Å². The third kappa shape index (κ3) is 8.99. The first-order valence-corrected chi connectivity index (χ1v) is 11.0. The molecule has 0 N–H and O–H groups in total. The zero-order valence-electron chi connectivity index (χ0n) is 16.9. The summed E-state index contributed by atoms with van der Waals surface area (Å²) >= 11 is 0. The van der Waals surface area contributed by atoms with Crippen LogP contribution in [0.5, 0.6) is 0 Å². The van der Waals surface area contributed by atoms with E-state index < -0.39 is 0 Å². The summed E-state index contributed by atoms with van der Waals surface area (Å²) in [6.07, 6.45) is 24.7. The summed E-state index contributed by atoms with van der Waals surface area (Å²) in [4.78, 5) is 5.27. The normalized spacial score (nSPS) is 15.0. The van der Waals surface area contributed by atoms with Gasteiger partial charge in [0.2, 0.25) is 0 Å². The van der Waals surface area contributed by atoms with Gasteiger partial charge in [-0.3, -0.25) is 0 Å². The average molecular weight is 337 g/mol. The summed E-state index contributed by atoms with van der Waals surface area (Å²) in [6.45, 7) is 9.41. The van der Waals surface area contributed by atoms with Gasteiger partial charge in [-0.05, 0) is 25.7 Å². The SMILES string of the molecule is CCCCCCCN1C=CN(CCCCCCC)C1CCCCC. The van der Waals surface area contributed by atoms with Crippen molar-refractivity contribution in [1.29, 1.82) is 0 Å². The van der Waals surface area contributed by atoms with Gasteiger partial charge < -0.3 is 9.80 Å². The Bertz CT molecular complexity index is 276. The molecule has 0 saturated heterocycles. The van der Waals surface area contributed by atoms with Gasteiger partial charge in [-0.2, -0.15) is 0 Å². The van der Waals surface area contributed by atoms with Crippen LogP contribution in [0.4, 0.5) is 0 Å². The molecule has 0 atom stereocenters. The van der Waals surface area contributed by atoms with Gasteiger partial charge in [0, 0.05) is 25.5 Å². The molecule has 142 valence electrons. The molecule has 0 aromatic heterocycles. The van der Waals surface area contributed by atoms with Crippen LogP contribution in [0.3, 0.4) is 0 Å². The maximum absolute atomic E-state index is 2.63. The van der Waals surface area contributed by atoms with Crippen LogP contribution in [0, 0.1) is 0 Å². The van der Waals surface area contributed by atoms with Gasteiger partial charge in [-0.1, -0.05) is 85.0 Å². The number of rotatable bonds is 16. The summed E-state index contributed by atoms with van der Waals surface area (Å²) in [6, 6.07) is 0. The summed E-state index contributed by atoms with van der Waals surface area (Å²) < 4.78 is 0. The highest BCUT2D eigenvalue weighted by molar-refractivity contribution is 4.96. The first-order valence-electron chi connectivity index (χ1n) is 11.0. The topological polar surface area (TPSA) is 6.48 Å². The molecule has 0 spiro atoms. The minimum atomic E-state index is 0.647. The van der Waals surface area contributed by atoms with Crippen LogP contribution in [0.25, 0.3) is 0 Å². The van der Waals surface area contributed by atoms with Crippen LogP contribution >= 0.6 is 0 Å². The second kappa shape index (κ2) is 14.7. The molecule has 0 bridgehead atoms. The summed E-state index contributed by atoms with van der Waals surface area (Å²) in [5.41, 5.74) is 0. The third-order valence-corrected chi connectivity index (χ3v) is 5.32. The lowest BCUT2D eigenvalue weighted by atomic mass is 10.1. The molecule has 1 aliphatic rings. The second-order valence-corrected chi connectivity index (χ2v) is 7.58. The predicted molar refractivity (Wildman–Crippen MR) is 108 cm³/mol. The zero-order valence-corrected chi connectivity index (χ0v) is 16.9. The summed E-state index contributed by atoms with van der Waals surface area (Å²) in [5, 5.41) is 0. The smallest absolute Gasteiger partial charge is 0.101 e. The van der Waals surface area contributed by atoms with Gasteiger partial charge >= 0.3 is 0 Å². The third-order valence-electron chi connectivity index (χ3n) is 5.32. The van der Waals surface area contributed by atoms with E-state index >= 15 is 0 Å². The quantitative estimate of drug-likeness (QED) is 0.282. The van der Waals surface area contributed by atoms with E-state index in [9.17, 15) is 0 Å². The minimum Gasteiger partial charge on any atom is -0.356 e. The van der Waals surface area contributed by atoms with E-state index in [1.807, 2.05) is 0 Å². The van der Waals surface area contributed by atoms with Crippen LogP contribution < -0.4 is 0 Å². The van der Waals surface area contributed by atoms with Crippen molar-refractivity contribution in [2.24, 2.45) is 0 Å². The Balaban J connectivity index is 2.32. The average Bonchev–Trinajstić information content (AvgIpc) is 2.97. The van der Waals surface area contributed by atoms with E-state index in [0.717, 1.165) is 0 Å². The fourth-order valence-electron chi connectivity index (χ4n) is 3.71. The number of nitrogens with zero attached hydrogens (tertiary/aromatic N) is 2. The first-order chi connectivity index (χ1) is 11.8. The molecule has 24 heavy (non-hydrogen) atoms. The molecule has 0 unspecified atom stereocenters. The Morgan fingerprint density at radius 3 is 1.42 bits per heavy atom. The van der Waals surface area contributed by atoms with Crippen molar-refractivity contribution in [3.8, 4) is 0 Å². The highest BCUT2D eigenvalue weighted by atomic mass is 15.4. The van der Waals surface area contributed by atoms with Crippen LogP contribution in [-0.4, -0.2) is 29.1 Å². The van der Waals surface area contributed by atoms with Crippen molar-refractivity contribution in [2.45, 2.75) is 117 Å². The van der Waals surface area contributed by atoms with Crippen molar-refractivity contribution in [3.63, 3.8) is 0 Å². The molecule has 1 heterocycles. The highest BCUT2D eigenvalue weighted by Gasteiger charge is 2.24. The van der Waals surface area contributed by atoms with Crippen molar-refractivity contribution >= 4 is 0 Å². The molecule has 0 radical (unpaired) electrons. The highest BCUT2D eigenvalue weighted by Crippen LogP contribution is 2.23. The molecule has 0 aliphatic carbocycles. The van der Waals surface area contributed by atoms with Gasteiger partial charge in [0.05, 0.1) is 0 Å². The van der Waals surface area contributed by atoms with E-state index in [-0.39, 0.29) is 0 Å². The van der Waals surface area contributed by atoms with Gasteiger partial charge in [0.1, 0.15) is 6.17 Å². The van der Waals surface area contributed by atoms with Crippen LogP contribution in [-0.2, 0) is 0 Å². The van der Waals surface area contributed by atoms with Crippen LogP contribution in [0.2, 0.25) is 0 Å². The van der Waals surface area contributed by atoms with Gasteiger partial charge in [-0.15, -0.1) is 0 Å². The fraction of sp³-hybridized carbons (Fsp3) is 0.909. The predicted octanol–water partition coefficient (Wildman–Crippen LogP) is 6.92. The minimum absolute atomic E-state index is 0.647. The molecule has 0 saturated carbocycles. The number of hydrogen-bond donors (Lipinski definition) is 0. The fourth-order valence-corrected chi connectivity index (χ4v) is 3.71. The maximum Gasteiger partial charge on any atom is 0.101 e. The van der Waals surface area contributed by atoms with Crippen molar-refractivity contribution in [3.05, 3.63) is 12.4 Å². The Kier molecular flexibility index (Phi) is 13.1. The van der Waals surface area contributed by atoms with Gasteiger partial charge in [0.25, 0.3) is 0 Å². The van der Waals surface area contributed by atoms with E-state index in [0.29, 0.717) is 6.17 Å². The lowest BCUT2D eigenvalue weighted by Crippen LogP contribution is -2.39. The molecule has 0 aromatic rings. The summed E-state index contributed by atoms with van der Waals surface area (Å²) in [5.74, 6) is 0. The van der Waals surface area contributed by atoms with E-state index in [2.05, 4.69) is 43.0 Å². The maximum atomic E-state index is 2.63. The lowest BCUT2D eigenvalue weighted by Gasteiger charge is -2.33. The molecule has 2 nitrogen and oxygen atoms in total. The number of hydrogen-bond acceptors (Lipinski definition) is 2. The Hall–Kier alpha value is -0.660. The Labute approximate surface area is 152 Å². The monoisotopic (exact) mass is 336 g/mol.